The second kappa shape index (κ2) is 11.2. The lowest BCUT2D eigenvalue weighted by molar-refractivity contribution is -0.143. The Balaban J connectivity index is 2.27. The molecule has 2 aromatic rings. The molecule has 0 N–H and O–H groups in total. The highest BCUT2D eigenvalue weighted by Gasteiger charge is 2.25. The maximum absolute atomic E-state index is 12.7. The molecule has 186 valence electrons. The van der Waals surface area contributed by atoms with Crippen LogP contribution in [0.1, 0.15) is 63.0 Å². The molecule has 35 heavy (non-hydrogen) atoms. The van der Waals surface area contributed by atoms with E-state index < -0.39 is 10.8 Å². The van der Waals surface area contributed by atoms with Gasteiger partial charge in [-0.1, -0.05) is 6.08 Å². The minimum Gasteiger partial charge on any atom is -0.496 e. The largest absolute Gasteiger partial charge is 0.496 e. The third-order valence-electron chi connectivity index (χ3n) is 4.97. The van der Waals surface area contributed by atoms with Gasteiger partial charge in [-0.2, -0.15) is 0 Å². The molecule has 0 heterocycles. The number of carbonyl (C=O) groups excluding carboxylic acids is 3. The zero-order valence-electron chi connectivity index (χ0n) is 21.6. The first kappa shape index (κ1) is 27.6. The predicted molar refractivity (Wildman–Crippen MR) is 137 cm³/mol. The average molecular weight is 479 g/mol. The highest BCUT2D eigenvalue weighted by atomic mass is 16.5. The van der Waals surface area contributed by atoms with Crippen LogP contribution in [-0.2, 0) is 16.0 Å². The van der Waals surface area contributed by atoms with E-state index in [1.807, 2.05) is 6.07 Å². The summed E-state index contributed by atoms with van der Waals surface area (Å²) < 4.78 is 16.4. The van der Waals surface area contributed by atoms with Crippen LogP contribution in [0.15, 0.2) is 55.1 Å². The number of rotatable bonds is 8. The van der Waals surface area contributed by atoms with E-state index in [1.54, 1.807) is 84.0 Å². The minimum atomic E-state index is -0.662. The third kappa shape index (κ3) is 7.67. The van der Waals surface area contributed by atoms with E-state index in [0.717, 1.165) is 5.56 Å². The summed E-state index contributed by atoms with van der Waals surface area (Å²) in [7, 11) is 1.51. The number of esters is 2. The molecular formula is C29H34O6. The Morgan fingerprint density at radius 1 is 0.857 bits per heavy atom. The van der Waals surface area contributed by atoms with E-state index in [2.05, 4.69) is 6.58 Å². The van der Waals surface area contributed by atoms with Crippen LogP contribution in [0.5, 0.6) is 17.2 Å². The Labute approximate surface area is 207 Å². The number of ketones is 1. The lowest BCUT2D eigenvalue weighted by Crippen LogP contribution is -2.26. The Hall–Kier alpha value is -3.67. The van der Waals surface area contributed by atoms with Crippen molar-refractivity contribution in [3.05, 3.63) is 71.8 Å². The zero-order valence-corrected chi connectivity index (χ0v) is 21.6. The SMILES string of the molecule is C=CCc1cc(/C=C/C(=O)c2ccc(OC(=O)C(C)(C)C)cc2)c(OC)cc1OC(=O)C(C)(C)C. The fourth-order valence-corrected chi connectivity index (χ4v) is 2.80. The first-order valence-electron chi connectivity index (χ1n) is 11.3. The van der Waals surface area contributed by atoms with E-state index in [1.165, 1.54) is 13.2 Å². The van der Waals surface area contributed by atoms with Gasteiger partial charge in [0.15, 0.2) is 5.78 Å². The second-order valence-corrected chi connectivity index (χ2v) is 10.2. The van der Waals surface area contributed by atoms with Crippen LogP contribution in [0.2, 0.25) is 0 Å². The molecule has 0 spiro atoms. The van der Waals surface area contributed by atoms with Crippen molar-refractivity contribution in [3.8, 4) is 17.2 Å². The van der Waals surface area contributed by atoms with Crippen LogP contribution in [0, 0.1) is 10.8 Å². The van der Waals surface area contributed by atoms with Gasteiger partial charge in [-0.15, -0.1) is 6.58 Å². The third-order valence-corrected chi connectivity index (χ3v) is 4.97. The zero-order chi connectivity index (χ0) is 26.4. The fraction of sp³-hybridized carbons (Fsp3) is 0.345. The van der Waals surface area contributed by atoms with Crippen molar-refractivity contribution in [2.24, 2.45) is 10.8 Å². The van der Waals surface area contributed by atoms with Crippen LogP contribution in [0.25, 0.3) is 6.08 Å². The predicted octanol–water partition coefficient (Wildman–Crippen LogP) is 6.22. The molecular weight excluding hydrogens is 444 g/mol. The number of hydrogen-bond acceptors (Lipinski definition) is 6. The monoisotopic (exact) mass is 478 g/mol. The van der Waals surface area contributed by atoms with Gasteiger partial charge in [0, 0.05) is 17.2 Å². The lowest BCUT2D eigenvalue weighted by atomic mass is 9.97. The van der Waals surface area contributed by atoms with Crippen LogP contribution in [0.3, 0.4) is 0 Å². The number of allylic oxidation sites excluding steroid dienone is 2. The van der Waals surface area contributed by atoms with Crippen LogP contribution in [0.4, 0.5) is 0 Å². The molecule has 0 atom stereocenters. The summed E-state index contributed by atoms with van der Waals surface area (Å²) in [4.78, 5) is 37.2. The minimum absolute atomic E-state index is 0.228. The first-order valence-corrected chi connectivity index (χ1v) is 11.3. The van der Waals surface area contributed by atoms with Gasteiger partial charge in [-0.25, -0.2) is 0 Å². The Kier molecular flexibility index (Phi) is 8.80. The number of hydrogen-bond donors (Lipinski definition) is 0. The first-order chi connectivity index (χ1) is 16.3. The van der Waals surface area contributed by atoms with Crippen molar-refractivity contribution >= 4 is 23.8 Å². The van der Waals surface area contributed by atoms with Gasteiger partial charge < -0.3 is 14.2 Å². The number of ether oxygens (including phenoxy) is 3. The Morgan fingerprint density at radius 2 is 1.43 bits per heavy atom. The molecule has 2 aromatic carbocycles. The summed E-state index contributed by atoms with van der Waals surface area (Å²) in [6.45, 7) is 14.4. The van der Waals surface area contributed by atoms with Crippen molar-refractivity contribution in [1.29, 1.82) is 0 Å². The molecule has 0 unspecified atom stereocenters. The van der Waals surface area contributed by atoms with Crippen LogP contribution < -0.4 is 14.2 Å². The Bertz CT molecular complexity index is 1130. The highest BCUT2D eigenvalue weighted by molar-refractivity contribution is 6.07. The molecule has 0 saturated heterocycles. The summed E-state index contributed by atoms with van der Waals surface area (Å²) in [6.07, 6.45) is 5.27. The molecule has 0 aliphatic heterocycles. The Morgan fingerprint density at radius 3 is 1.94 bits per heavy atom. The normalized spacial score (nSPS) is 11.7. The van der Waals surface area contributed by atoms with Gasteiger partial charge in [0.2, 0.25) is 0 Å². The molecule has 0 saturated carbocycles. The van der Waals surface area contributed by atoms with E-state index in [0.29, 0.717) is 34.8 Å². The number of benzene rings is 2. The summed E-state index contributed by atoms with van der Waals surface area (Å²) >= 11 is 0. The summed E-state index contributed by atoms with van der Waals surface area (Å²) in [6, 6.07) is 9.84. The number of methoxy groups -OCH3 is 1. The average Bonchev–Trinajstić information content (AvgIpc) is 2.77. The topological polar surface area (TPSA) is 78.9 Å². The van der Waals surface area contributed by atoms with Crippen LogP contribution in [-0.4, -0.2) is 24.8 Å². The molecule has 6 nitrogen and oxygen atoms in total. The molecule has 0 radical (unpaired) electrons. The quantitative estimate of drug-likeness (QED) is 0.147. The summed E-state index contributed by atoms with van der Waals surface area (Å²) in [5, 5.41) is 0. The maximum atomic E-state index is 12.7. The molecule has 0 fully saturated rings. The lowest BCUT2D eigenvalue weighted by Gasteiger charge is -2.19. The van der Waals surface area contributed by atoms with Crippen molar-refractivity contribution in [2.75, 3.05) is 7.11 Å². The molecule has 2 rings (SSSR count). The highest BCUT2D eigenvalue weighted by Crippen LogP contribution is 2.32. The van der Waals surface area contributed by atoms with Gasteiger partial charge >= 0.3 is 11.9 Å². The van der Waals surface area contributed by atoms with Gasteiger partial charge in [-0.05, 0) is 96.0 Å². The van der Waals surface area contributed by atoms with E-state index in [-0.39, 0.29) is 17.7 Å². The van der Waals surface area contributed by atoms with Gasteiger partial charge in [0.25, 0.3) is 0 Å². The molecule has 0 amide bonds. The van der Waals surface area contributed by atoms with Gasteiger partial charge in [-0.3, -0.25) is 14.4 Å². The van der Waals surface area contributed by atoms with Crippen molar-refractivity contribution < 1.29 is 28.6 Å². The van der Waals surface area contributed by atoms with E-state index in [9.17, 15) is 14.4 Å². The van der Waals surface area contributed by atoms with Crippen molar-refractivity contribution in [3.63, 3.8) is 0 Å². The summed E-state index contributed by atoms with van der Waals surface area (Å²) in [5.74, 6) is 0.292. The molecule has 6 heteroatoms. The van der Waals surface area contributed by atoms with Crippen molar-refractivity contribution in [2.45, 2.75) is 48.0 Å². The molecule has 0 bridgehead atoms. The second-order valence-electron chi connectivity index (χ2n) is 10.2. The molecule has 0 aromatic heterocycles. The van der Waals surface area contributed by atoms with Gasteiger partial charge in [0.05, 0.1) is 17.9 Å². The van der Waals surface area contributed by atoms with Gasteiger partial charge in [0.1, 0.15) is 17.2 Å². The number of carbonyl (C=O) groups is 3. The standard InChI is InChI=1S/C29H34O6/c1-9-10-20-17-21(24(33-8)18-25(20)35-27(32)29(5,6)7)13-16-23(30)19-11-14-22(15-12-19)34-26(31)28(2,3)4/h9,11-18H,1,10H2,2-8H3/b16-13+. The fourth-order valence-electron chi connectivity index (χ4n) is 2.80. The molecule has 0 aliphatic carbocycles. The maximum Gasteiger partial charge on any atom is 0.316 e. The smallest absolute Gasteiger partial charge is 0.316 e. The summed E-state index contributed by atoms with van der Waals surface area (Å²) in [5.41, 5.74) is 0.559. The molecule has 0 aliphatic rings. The van der Waals surface area contributed by atoms with Crippen molar-refractivity contribution in [1.82, 2.24) is 0 Å². The van der Waals surface area contributed by atoms with Crippen LogP contribution >= 0.6 is 0 Å². The van der Waals surface area contributed by atoms with E-state index in [4.69, 9.17) is 14.2 Å². The van der Waals surface area contributed by atoms with E-state index >= 15 is 0 Å².